The van der Waals surface area contributed by atoms with Gasteiger partial charge in [0.1, 0.15) is 5.76 Å². The molecule has 0 aliphatic carbocycles. The fraction of sp³-hybridized carbons (Fsp3) is 0.421. The molecule has 0 unspecified atom stereocenters. The van der Waals surface area contributed by atoms with Gasteiger partial charge in [-0.25, -0.2) is 4.79 Å². The van der Waals surface area contributed by atoms with E-state index in [9.17, 15) is 9.59 Å². The van der Waals surface area contributed by atoms with E-state index in [-0.39, 0.29) is 11.7 Å². The van der Waals surface area contributed by atoms with Crippen molar-refractivity contribution < 1.29 is 18.7 Å². The Morgan fingerprint density at radius 3 is 2.85 bits per heavy atom. The molecule has 3 rings (SSSR count). The number of hydrogen-bond acceptors (Lipinski definition) is 6. The van der Waals surface area contributed by atoms with E-state index in [2.05, 4.69) is 30.6 Å². The molecule has 0 saturated carbocycles. The molecule has 0 radical (unpaired) electrons. The monoisotopic (exact) mass is 435 g/mol. The van der Waals surface area contributed by atoms with Crippen LogP contribution in [-0.2, 0) is 22.5 Å². The number of halogens is 1. The lowest BCUT2D eigenvalue weighted by molar-refractivity contribution is -0.130. The zero-order chi connectivity index (χ0) is 19.2. The molecule has 0 bridgehead atoms. The van der Waals surface area contributed by atoms with Crippen molar-refractivity contribution in [3.05, 3.63) is 52.1 Å². The zero-order valence-corrected chi connectivity index (χ0v) is 16.8. The molecule has 7 nitrogen and oxygen atoms in total. The molecular formula is C19H22BrN3O4. The minimum atomic E-state index is -0.476. The predicted molar refractivity (Wildman–Crippen MR) is 102 cm³/mol. The molecule has 1 amide bonds. The van der Waals surface area contributed by atoms with Crippen LogP contribution in [0.1, 0.15) is 28.3 Å². The number of pyridine rings is 1. The first-order valence-corrected chi connectivity index (χ1v) is 9.61. The summed E-state index contributed by atoms with van der Waals surface area (Å²) in [6.07, 6.45) is 4.68. The fourth-order valence-electron chi connectivity index (χ4n) is 3.11. The lowest BCUT2D eigenvalue weighted by Crippen LogP contribution is -2.36. The van der Waals surface area contributed by atoms with E-state index >= 15 is 0 Å². The van der Waals surface area contributed by atoms with E-state index in [0.717, 1.165) is 41.9 Å². The molecule has 1 aliphatic heterocycles. The third-order valence-electron chi connectivity index (χ3n) is 4.49. The van der Waals surface area contributed by atoms with Crippen molar-refractivity contribution >= 4 is 27.8 Å². The lowest BCUT2D eigenvalue weighted by Gasteiger charge is -2.21. The maximum Gasteiger partial charge on any atom is 0.373 e. The topological polar surface area (TPSA) is 75.9 Å². The van der Waals surface area contributed by atoms with E-state index in [4.69, 9.17) is 4.42 Å². The van der Waals surface area contributed by atoms with Crippen molar-refractivity contribution in [3.63, 3.8) is 0 Å². The molecule has 2 aromatic rings. The van der Waals surface area contributed by atoms with Crippen molar-refractivity contribution in [1.29, 1.82) is 0 Å². The summed E-state index contributed by atoms with van der Waals surface area (Å²) in [6, 6.07) is 5.34. The third-order valence-corrected chi connectivity index (χ3v) is 4.92. The largest absolute Gasteiger partial charge is 0.463 e. The maximum absolute atomic E-state index is 12.6. The number of nitrogens with zero attached hydrogens (tertiary/aromatic N) is 3. The molecular weight excluding hydrogens is 414 g/mol. The van der Waals surface area contributed by atoms with Gasteiger partial charge in [-0.2, -0.15) is 0 Å². The Kier molecular flexibility index (Phi) is 6.63. The fourth-order valence-corrected chi connectivity index (χ4v) is 3.52. The Morgan fingerprint density at radius 1 is 1.22 bits per heavy atom. The molecule has 3 heterocycles. The van der Waals surface area contributed by atoms with Gasteiger partial charge in [0.25, 0.3) is 0 Å². The minimum absolute atomic E-state index is 0.114. The summed E-state index contributed by atoms with van der Waals surface area (Å²) in [7, 11) is 1.33. The molecule has 2 aromatic heterocycles. The van der Waals surface area contributed by atoms with Crippen LogP contribution in [0.15, 0.2) is 39.5 Å². The van der Waals surface area contributed by atoms with Gasteiger partial charge < -0.3 is 14.1 Å². The van der Waals surface area contributed by atoms with Crippen LogP contribution >= 0.6 is 15.9 Å². The number of amides is 1. The average Bonchev–Trinajstić information content (AvgIpc) is 2.99. The molecule has 1 fully saturated rings. The highest BCUT2D eigenvalue weighted by Crippen LogP contribution is 2.15. The van der Waals surface area contributed by atoms with Crippen LogP contribution in [0, 0.1) is 0 Å². The number of furan rings is 1. The van der Waals surface area contributed by atoms with Crippen LogP contribution in [-0.4, -0.2) is 59.9 Å². The van der Waals surface area contributed by atoms with Crippen molar-refractivity contribution in [1.82, 2.24) is 14.8 Å². The highest BCUT2D eigenvalue weighted by molar-refractivity contribution is 9.10. The standard InChI is InChI=1S/C19H22BrN3O4/c1-26-19(25)17-4-3-16(27-17)13-22-5-2-6-23(8-7-22)18(24)10-14-9-15(20)12-21-11-14/h3-4,9,11-12H,2,5-8,10,13H2,1H3. The Morgan fingerprint density at radius 2 is 2.07 bits per heavy atom. The zero-order valence-electron chi connectivity index (χ0n) is 15.2. The second kappa shape index (κ2) is 9.14. The van der Waals surface area contributed by atoms with Crippen LogP contribution in [0.2, 0.25) is 0 Å². The Bertz CT molecular complexity index is 808. The number of rotatable bonds is 5. The molecule has 0 aromatic carbocycles. The van der Waals surface area contributed by atoms with Gasteiger partial charge in [0.05, 0.1) is 20.1 Å². The van der Waals surface area contributed by atoms with E-state index < -0.39 is 5.97 Å². The molecule has 0 N–H and O–H groups in total. The lowest BCUT2D eigenvalue weighted by atomic mass is 10.2. The number of ether oxygens (including phenoxy) is 1. The van der Waals surface area contributed by atoms with Gasteiger partial charge in [0, 0.05) is 43.0 Å². The minimum Gasteiger partial charge on any atom is -0.463 e. The van der Waals surface area contributed by atoms with Crippen LogP contribution in [0.5, 0.6) is 0 Å². The Balaban J connectivity index is 1.53. The second-order valence-electron chi connectivity index (χ2n) is 6.46. The molecule has 1 aliphatic rings. The van der Waals surface area contributed by atoms with Gasteiger partial charge in [-0.3, -0.25) is 14.7 Å². The molecule has 8 heteroatoms. The van der Waals surface area contributed by atoms with Crippen LogP contribution in [0.3, 0.4) is 0 Å². The Labute approximate surface area is 166 Å². The van der Waals surface area contributed by atoms with Gasteiger partial charge in [0.15, 0.2) is 0 Å². The van der Waals surface area contributed by atoms with E-state index in [1.165, 1.54) is 7.11 Å². The average molecular weight is 436 g/mol. The van der Waals surface area contributed by atoms with E-state index in [0.29, 0.717) is 19.5 Å². The smallest absolute Gasteiger partial charge is 0.373 e. The number of carbonyl (C=O) groups is 2. The number of hydrogen-bond donors (Lipinski definition) is 0. The first kappa shape index (κ1) is 19.6. The van der Waals surface area contributed by atoms with Crippen molar-refractivity contribution in [2.24, 2.45) is 0 Å². The summed E-state index contributed by atoms with van der Waals surface area (Å²) >= 11 is 3.38. The first-order chi connectivity index (χ1) is 13.0. The summed E-state index contributed by atoms with van der Waals surface area (Å²) < 4.78 is 11.1. The number of aromatic nitrogens is 1. The van der Waals surface area contributed by atoms with Crippen LogP contribution < -0.4 is 0 Å². The third kappa shape index (κ3) is 5.40. The SMILES string of the molecule is COC(=O)c1ccc(CN2CCCN(C(=O)Cc3cncc(Br)c3)CC2)o1. The van der Waals surface area contributed by atoms with Crippen LogP contribution in [0.4, 0.5) is 0 Å². The van der Waals surface area contributed by atoms with Crippen molar-refractivity contribution in [2.45, 2.75) is 19.4 Å². The molecule has 27 heavy (non-hydrogen) atoms. The normalized spacial score (nSPS) is 15.4. The quantitative estimate of drug-likeness (QED) is 0.671. The summed E-state index contributed by atoms with van der Waals surface area (Å²) in [4.78, 5) is 32.3. The summed E-state index contributed by atoms with van der Waals surface area (Å²) in [6.45, 7) is 3.65. The highest BCUT2D eigenvalue weighted by atomic mass is 79.9. The molecule has 144 valence electrons. The van der Waals surface area contributed by atoms with Gasteiger partial charge in [-0.15, -0.1) is 0 Å². The molecule has 1 saturated heterocycles. The second-order valence-corrected chi connectivity index (χ2v) is 7.37. The van der Waals surface area contributed by atoms with Gasteiger partial charge in [0.2, 0.25) is 11.7 Å². The van der Waals surface area contributed by atoms with Gasteiger partial charge >= 0.3 is 5.97 Å². The first-order valence-electron chi connectivity index (χ1n) is 8.82. The number of methoxy groups -OCH3 is 1. The van der Waals surface area contributed by atoms with Crippen LogP contribution in [0.25, 0.3) is 0 Å². The van der Waals surface area contributed by atoms with E-state index in [1.54, 1.807) is 24.5 Å². The summed E-state index contributed by atoms with van der Waals surface area (Å²) in [5.74, 6) is 0.566. The van der Waals surface area contributed by atoms with Gasteiger partial charge in [-0.1, -0.05) is 0 Å². The van der Waals surface area contributed by atoms with Gasteiger partial charge in [-0.05, 0) is 46.1 Å². The highest BCUT2D eigenvalue weighted by Gasteiger charge is 2.21. The maximum atomic E-state index is 12.6. The summed E-state index contributed by atoms with van der Waals surface area (Å²) in [5.41, 5.74) is 0.904. The number of carbonyl (C=O) groups excluding carboxylic acids is 2. The van der Waals surface area contributed by atoms with Crippen molar-refractivity contribution in [3.8, 4) is 0 Å². The summed E-state index contributed by atoms with van der Waals surface area (Å²) in [5, 5.41) is 0. The number of esters is 1. The van der Waals surface area contributed by atoms with Crippen molar-refractivity contribution in [2.75, 3.05) is 33.3 Å². The predicted octanol–water partition coefficient (Wildman–Crippen LogP) is 2.50. The Hall–Kier alpha value is -2.19. The van der Waals surface area contributed by atoms with E-state index in [1.807, 2.05) is 11.0 Å². The molecule has 0 spiro atoms. The molecule has 0 atom stereocenters.